The van der Waals surface area contributed by atoms with Crippen molar-refractivity contribution in [2.75, 3.05) is 26.7 Å². The molecule has 0 aromatic heterocycles. The smallest absolute Gasteiger partial charge is 0.251 e. The van der Waals surface area contributed by atoms with Crippen molar-refractivity contribution in [2.45, 2.75) is 51.0 Å². The molecule has 2 fully saturated rings. The molecular weight excluding hydrogens is 432 g/mol. The molecule has 1 unspecified atom stereocenters. The number of nitrogens with one attached hydrogen (secondary N) is 1. The molecule has 0 radical (unpaired) electrons. The van der Waals surface area contributed by atoms with Crippen LogP contribution in [-0.2, 0) is 5.41 Å². The number of carbonyl (C=O) groups is 1. The number of phenols is 1. The second kappa shape index (κ2) is 9.31. The van der Waals surface area contributed by atoms with Gasteiger partial charge in [-0.2, -0.15) is 0 Å². The highest BCUT2D eigenvalue weighted by molar-refractivity contribution is 5.98. The summed E-state index contributed by atoms with van der Waals surface area (Å²) in [5, 5.41) is 16.0. The van der Waals surface area contributed by atoms with Crippen LogP contribution in [0.25, 0.3) is 10.8 Å². The second-order valence-electron chi connectivity index (χ2n) is 11.8. The molecule has 4 heteroatoms. The number of piperidine rings is 1. The Labute approximate surface area is 209 Å². The van der Waals surface area contributed by atoms with Gasteiger partial charge in [0.15, 0.2) is 0 Å². The molecule has 0 bridgehead atoms. The van der Waals surface area contributed by atoms with E-state index in [2.05, 4.69) is 44.4 Å². The first-order chi connectivity index (χ1) is 16.8. The molecule has 184 valence electrons. The maximum Gasteiger partial charge on any atom is 0.251 e. The molecule has 5 rings (SSSR count). The van der Waals surface area contributed by atoms with Crippen LogP contribution in [0.15, 0.2) is 66.7 Å². The Kier molecular flexibility index (Phi) is 6.35. The highest BCUT2D eigenvalue weighted by Crippen LogP contribution is 2.51. The number of hydrogen-bond donors (Lipinski definition) is 2. The second-order valence-corrected chi connectivity index (χ2v) is 11.8. The van der Waals surface area contributed by atoms with E-state index in [-0.39, 0.29) is 17.4 Å². The van der Waals surface area contributed by atoms with Gasteiger partial charge in [0.1, 0.15) is 5.75 Å². The molecule has 1 aliphatic carbocycles. The van der Waals surface area contributed by atoms with Crippen molar-refractivity contribution in [1.82, 2.24) is 5.32 Å². The summed E-state index contributed by atoms with van der Waals surface area (Å²) >= 11 is 0. The Bertz CT molecular complexity index is 1220. The van der Waals surface area contributed by atoms with Crippen molar-refractivity contribution < 1.29 is 14.4 Å². The number of hydrogen-bond acceptors (Lipinski definition) is 2. The predicted octanol–water partition coefficient (Wildman–Crippen LogP) is 5.89. The number of benzene rings is 3. The van der Waals surface area contributed by atoms with Gasteiger partial charge in [-0.25, -0.2) is 0 Å². The fraction of sp³-hybridized carbons (Fsp3) is 0.452. The van der Waals surface area contributed by atoms with E-state index < -0.39 is 0 Å². The van der Waals surface area contributed by atoms with Crippen molar-refractivity contribution in [3.8, 4) is 5.75 Å². The van der Waals surface area contributed by atoms with Crippen LogP contribution in [0.1, 0.15) is 55.5 Å². The Morgan fingerprint density at radius 1 is 1.06 bits per heavy atom. The Balaban J connectivity index is 1.40. The first kappa shape index (κ1) is 23.9. The molecule has 1 aliphatic heterocycles. The summed E-state index contributed by atoms with van der Waals surface area (Å²) in [6, 6.07) is 22.2. The van der Waals surface area contributed by atoms with Crippen molar-refractivity contribution >= 4 is 16.7 Å². The molecule has 2 N–H and O–H groups in total. The van der Waals surface area contributed by atoms with Gasteiger partial charge in [-0.3, -0.25) is 4.79 Å². The van der Waals surface area contributed by atoms with Crippen LogP contribution in [0.4, 0.5) is 0 Å². The number of phenolic OH excluding ortho intramolecular Hbond substituents is 1. The predicted molar refractivity (Wildman–Crippen MR) is 143 cm³/mol. The van der Waals surface area contributed by atoms with Crippen LogP contribution in [0, 0.1) is 11.8 Å². The summed E-state index contributed by atoms with van der Waals surface area (Å²) in [5.74, 6) is 1.57. The monoisotopic (exact) mass is 471 g/mol. The molecule has 0 spiro atoms. The summed E-state index contributed by atoms with van der Waals surface area (Å²) in [6.45, 7) is 8.14. The summed E-state index contributed by atoms with van der Waals surface area (Å²) in [6.07, 6.45) is 4.13. The number of carbonyl (C=O) groups excluding carboxylic acids is 1. The number of fused-ring (bicyclic) bond motifs is 2. The van der Waals surface area contributed by atoms with E-state index in [1.165, 1.54) is 18.7 Å². The minimum absolute atomic E-state index is 0.00688. The van der Waals surface area contributed by atoms with Gasteiger partial charge in [-0.15, -0.1) is 0 Å². The van der Waals surface area contributed by atoms with Gasteiger partial charge in [0.2, 0.25) is 0 Å². The normalized spacial score (nSPS) is 28.6. The molecule has 4 nitrogen and oxygen atoms in total. The van der Waals surface area contributed by atoms with Crippen LogP contribution < -0.4 is 5.32 Å². The van der Waals surface area contributed by atoms with E-state index in [9.17, 15) is 9.90 Å². The summed E-state index contributed by atoms with van der Waals surface area (Å²) in [5.41, 5.74) is 1.96. The Morgan fingerprint density at radius 3 is 2.63 bits per heavy atom. The van der Waals surface area contributed by atoms with Gasteiger partial charge in [-0.1, -0.05) is 56.3 Å². The lowest BCUT2D eigenvalue weighted by Gasteiger charge is -2.55. The zero-order valence-corrected chi connectivity index (χ0v) is 21.3. The van der Waals surface area contributed by atoms with E-state index in [4.69, 9.17) is 0 Å². The van der Waals surface area contributed by atoms with Crippen molar-refractivity contribution in [3.63, 3.8) is 0 Å². The van der Waals surface area contributed by atoms with Gasteiger partial charge < -0.3 is 14.9 Å². The fourth-order valence-electron chi connectivity index (χ4n) is 7.14. The SMILES string of the molecule is CC(C)C[N@+]1(C)CC[C@]2(c3cccc(O)c3)C[C@@H](NC(=O)c3ccc4ccccc4c3)CCC2C1. The number of likely N-dealkylation sites (tertiary alicyclic amines) is 1. The van der Waals surface area contributed by atoms with Crippen LogP contribution in [-0.4, -0.2) is 48.2 Å². The van der Waals surface area contributed by atoms with Crippen LogP contribution >= 0.6 is 0 Å². The van der Waals surface area contributed by atoms with E-state index in [1.807, 2.05) is 42.5 Å². The summed E-state index contributed by atoms with van der Waals surface area (Å²) in [7, 11) is 2.42. The maximum atomic E-state index is 13.3. The molecule has 1 saturated heterocycles. The van der Waals surface area contributed by atoms with Gasteiger partial charge in [-0.05, 0) is 59.9 Å². The molecular formula is C31H39N2O2+. The van der Waals surface area contributed by atoms with Crippen molar-refractivity contribution in [2.24, 2.45) is 11.8 Å². The number of rotatable bonds is 5. The average Bonchev–Trinajstić information content (AvgIpc) is 2.83. The van der Waals surface area contributed by atoms with Gasteiger partial charge in [0.25, 0.3) is 5.91 Å². The molecule has 35 heavy (non-hydrogen) atoms. The van der Waals surface area contributed by atoms with Crippen LogP contribution in [0.2, 0.25) is 0 Å². The third-order valence-electron chi connectivity index (χ3n) is 8.59. The largest absolute Gasteiger partial charge is 0.508 e. The zero-order chi connectivity index (χ0) is 24.6. The van der Waals surface area contributed by atoms with Crippen LogP contribution in [0.5, 0.6) is 5.75 Å². The summed E-state index contributed by atoms with van der Waals surface area (Å²) < 4.78 is 1.12. The third kappa shape index (κ3) is 4.81. The lowest BCUT2D eigenvalue weighted by atomic mass is 9.57. The topological polar surface area (TPSA) is 49.3 Å². The lowest BCUT2D eigenvalue weighted by molar-refractivity contribution is -0.922. The fourth-order valence-corrected chi connectivity index (χ4v) is 7.14. The zero-order valence-electron chi connectivity index (χ0n) is 21.3. The molecule has 4 atom stereocenters. The molecule has 2 aliphatic rings. The van der Waals surface area contributed by atoms with E-state index in [1.54, 1.807) is 6.07 Å². The van der Waals surface area contributed by atoms with E-state index >= 15 is 0 Å². The average molecular weight is 472 g/mol. The van der Waals surface area contributed by atoms with E-state index in [0.717, 1.165) is 53.0 Å². The Hall–Kier alpha value is -2.85. The van der Waals surface area contributed by atoms with Gasteiger partial charge >= 0.3 is 0 Å². The highest BCUT2D eigenvalue weighted by atomic mass is 16.3. The minimum Gasteiger partial charge on any atom is -0.508 e. The minimum atomic E-state index is -0.00688. The third-order valence-corrected chi connectivity index (χ3v) is 8.59. The summed E-state index contributed by atoms with van der Waals surface area (Å²) in [4.78, 5) is 13.3. The molecule has 3 aromatic rings. The number of aromatic hydroxyl groups is 1. The van der Waals surface area contributed by atoms with Crippen molar-refractivity contribution in [3.05, 3.63) is 77.9 Å². The van der Waals surface area contributed by atoms with Crippen molar-refractivity contribution in [1.29, 1.82) is 0 Å². The van der Waals surface area contributed by atoms with E-state index in [0.29, 0.717) is 17.6 Å². The number of nitrogens with zero attached hydrogens (tertiary/aromatic N) is 1. The van der Waals surface area contributed by atoms with Gasteiger partial charge in [0.05, 0.1) is 26.7 Å². The van der Waals surface area contributed by atoms with Crippen LogP contribution in [0.3, 0.4) is 0 Å². The molecule has 1 amide bonds. The first-order valence-electron chi connectivity index (χ1n) is 13.2. The number of quaternary nitrogens is 1. The standard InChI is InChI=1S/C31H38N2O2/c1-22(2)20-33(3)16-15-31(26-9-6-10-29(34)18-26)19-28(14-13-27(31)21-33)32-30(35)25-12-11-23-7-4-5-8-24(23)17-25/h4-12,17-18,22,27-28H,13-16,19-21H2,1-3H3,(H-,32,34,35)/p+1/t27?,28-,31+,33-/m0/s1. The quantitative estimate of drug-likeness (QED) is 0.456. The lowest BCUT2D eigenvalue weighted by Crippen LogP contribution is -2.62. The van der Waals surface area contributed by atoms with Gasteiger partial charge in [0, 0.05) is 35.3 Å². The number of amides is 1. The molecule has 1 heterocycles. The first-order valence-corrected chi connectivity index (χ1v) is 13.2. The molecule has 3 aromatic carbocycles. The Morgan fingerprint density at radius 2 is 1.86 bits per heavy atom. The molecule has 1 saturated carbocycles. The maximum absolute atomic E-state index is 13.3. The highest BCUT2D eigenvalue weighted by Gasteiger charge is 2.52.